The molecule has 2 heterocycles. The molecule has 1 aliphatic rings. The minimum atomic E-state index is -0.263. The van der Waals surface area contributed by atoms with Gasteiger partial charge in [0.05, 0.1) is 18.5 Å². The van der Waals surface area contributed by atoms with Gasteiger partial charge in [0.1, 0.15) is 5.03 Å². The van der Waals surface area contributed by atoms with E-state index in [1.54, 1.807) is 6.07 Å². The first kappa shape index (κ1) is 19.9. The van der Waals surface area contributed by atoms with Gasteiger partial charge in [-0.2, -0.15) is 5.10 Å². The number of nitrogens with one attached hydrogen (secondary N) is 2. The van der Waals surface area contributed by atoms with Gasteiger partial charge in [-0.05, 0) is 23.8 Å². The summed E-state index contributed by atoms with van der Waals surface area (Å²) in [5.74, 6) is 0.140. The van der Waals surface area contributed by atoms with Crippen molar-refractivity contribution in [2.24, 2.45) is 0 Å². The Morgan fingerprint density at radius 3 is 3.07 bits per heavy atom. The van der Waals surface area contributed by atoms with Crippen LogP contribution in [0.5, 0.6) is 0 Å². The molecule has 1 aromatic carbocycles. The number of thioether (sulfide) groups is 1. The van der Waals surface area contributed by atoms with Crippen LogP contribution in [-0.2, 0) is 16.1 Å². The van der Waals surface area contributed by atoms with Crippen molar-refractivity contribution in [2.75, 3.05) is 32.0 Å². The largest absolute Gasteiger partial charge is 0.374 e. The summed E-state index contributed by atoms with van der Waals surface area (Å²) in [6.45, 7) is 3.51. The Morgan fingerprint density at radius 2 is 2.30 bits per heavy atom. The minimum absolute atomic E-state index is 0.0434. The van der Waals surface area contributed by atoms with E-state index in [1.807, 2.05) is 18.2 Å². The van der Waals surface area contributed by atoms with E-state index in [-0.39, 0.29) is 23.3 Å². The SMILES string of the molecule is O=C(CSc1ccc(=O)[nH]n1)NC[C@H]1CN(Cc2cccc(Cl)c2)CCO1. The van der Waals surface area contributed by atoms with Gasteiger partial charge in [-0.25, -0.2) is 5.10 Å². The highest BCUT2D eigenvalue weighted by Crippen LogP contribution is 2.15. The normalized spacial score (nSPS) is 17.6. The number of amides is 1. The van der Waals surface area contributed by atoms with Crippen LogP contribution in [0.15, 0.2) is 46.2 Å². The zero-order valence-corrected chi connectivity index (χ0v) is 16.3. The standard InChI is InChI=1S/C18H21ClN4O3S/c19-14-3-1-2-13(8-14)10-23-6-7-26-15(11-23)9-20-17(25)12-27-18-5-4-16(24)21-22-18/h1-5,8,15H,6-7,9-12H2,(H,20,25)(H,21,24)/t15-/m0/s1. The summed E-state index contributed by atoms with van der Waals surface area (Å²) in [6.07, 6.45) is -0.0434. The zero-order valence-electron chi connectivity index (χ0n) is 14.7. The fourth-order valence-electron chi connectivity index (χ4n) is 2.77. The van der Waals surface area contributed by atoms with Crippen LogP contribution in [0.2, 0.25) is 5.02 Å². The van der Waals surface area contributed by atoms with Crippen LogP contribution in [0.25, 0.3) is 0 Å². The number of nitrogens with zero attached hydrogens (tertiary/aromatic N) is 2. The molecule has 1 aliphatic heterocycles. The summed E-state index contributed by atoms with van der Waals surface area (Å²) in [7, 11) is 0. The van der Waals surface area contributed by atoms with Gasteiger partial charge < -0.3 is 10.1 Å². The second kappa shape index (κ2) is 9.89. The number of benzene rings is 1. The summed E-state index contributed by atoms with van der Waals surface area (Å²) in [4.78, 5) is 25.3. The summed E-state index contributed by atoms with van der Waals surface area (Å²) in [5, 5.41) is 10.4. The number of hydrogen-bond donors (Lipinski definition) is 2. The van der Waals surface area contributed by atoms with Gasteiger partial charge >= 0.3 is 0 Å². The maximum atomic E-state index is 12.0. The first-order valence-electron chi connectivity index (χ1n) is 8.62. The Kier molecular flexibility index (Phi) is 7.28. The van der Waals surface area contributed by atoms with E-state index in [0.717, 1.165) is 30.2 Å². The van der Waals surface area contributed by atoms with Gasteiger partial charge in [-0.1, -0.05) is 35.5 Å². The lowest BCUT2D eigenvalue weighted by molar-refractivity contribution is -0.119. The van der Waals surface area contributed by atoms with Gasteiger partial charge in [0.15, 0.2) is 0 Å². The molecule has 144 valence electrons. The van der Waals surface area contributed by atoms with E-state index in [2.05, 4.69) is 26.5 Å². The monoisotopic (exact) mass is 408 g/mol. The molecule has 0 unspecified atom stereocenters. The lowest BCUT2D eigenvalue weighted by atomic mass is 10.2. The van der Waals surface area contributed by atoms with Crippen LogP contribution in [0, 0.1) is 0 Å². The molecule has 2 N–H and O–H groups in total. The highest BCUT2D eigenvalue weighted by molar-refractivity contribution is 7.99. The Morgan fingerprint density at radius 1 is 1.41 bits per heavy atom. The maximum absolute atomic E-state index is 12.0. The van der Waals surface area contributed by atoms with Crippen molar-refractivity contribution in [1.82, 2.24) is 20.4 Å². The van der Waals surface area contributed by atoms with Crippen LogP contribution in [-0.4, -0.2) is 59.1 Å². The quantitative estimate of drug-likeness (QED) is 0.675. The molecular weight excluding hydrogens is 388 g/mol. The zero-order chi connectivity index (χ0) is 19.1. The van der Waals surface area contributed by atoms with Crippen molar-refractivity contribution < 1.29 is 9.53 Å². The number of hydrogen-bond acceptors (Lipinski definition) is 6. The number of aromatic amines is 1. The lowest BCUT2D eigenvalue weighted by Crippen LogP contribution is -2.47. The smallest absolute Gasteiger partial charge is 0.264 e. The average molecular weight is 409 g/mol. The summed E-state index contributed by atoms with van der Waals surface area (Å²) in [6, 6.07) is 10.8. The molecule has 0 radical (unpaired) electrons. The molecular formula is C18H21ClN4O3S. The number of H-pyrrole nitrogens is 1. The Bertz CT molecular complexity index is 812. The lowest BCUT2D eigenvalue weighted by Gasteiger charge is -2.33. The fraction of sp³-hybridized carbons (Fsp3) is 0.389. The van der Waals surface area contributed by atoms with Gasteiger partial charge in [-0.15, -0.1) is 0 Å². The summed E-state index contributed by atoms with van der Waals surface area (Å²) in [5.41, 5.74) is 0.901. The second-order valence-corrected chi connectivity index (χ2v) is 7.64. The van der Waals surface area contributed by atoms with E-state index in [0.29, 0.717) is 18.2 Å². The molecule has 27 heavy (non-hydrogen) atoms. The minimum Gasteiger partial charge on any atom is -0.374 e. The number of carbonyl (C=O) groups is 1. The predicted octanol–water partition coefficient (Wildman–Crippen LogP) is 1.53. The van der Waals surface area contributed by atoms with E-state index in [9.17, 15) is 9.59 Å². The van der Waals surface area contributed by atoms with Crippen molar-refractivity contribution >= 4 is 29.3 Å². The summed E-state index contributed by atoms with van der Waals surface area (Å²) >= 11 is 7.31. The molecule has 0 bridgehead atoms. The van der Waals surface area contributed by atoms with E-state index in [1.165, 1.54) is 17.8 Å². The van der Waals surface area contributed by atoms with Crippen LogP contribution < -0.4 is 10.9 Å². The van der Waals surface area contributed by atoms with Crippen LogP contribution >= 0.6 is 23.4 Å². The first-order chi connectivity index (χ1) is 13.1. The van der Waals surface area contributed by atoms with Crippen molar-refractivity contribution in [3.8, 4) is 0 Å². The number of aromatic nitrogens is 2. The van der Waals surface area contributed by atoms with E-state index < -0.39 is 0 Å². The second-order valence-electron chi connectivity index (χ2n) is 6.21. The molecule has 1 amide bonds. The van der Waals surface area contributed by atoms with Crippen molar-refractivity contribution in [3.63, 3.8) is 0 Å². The maximum Gasteiger partial charge on any atom is 0.264 e. The number of halogens is 1. The number of ether oxygens (including phenoxy) is 1. The van der Waals surface area contributed by atoms with E-state index >= 15 is 0 Å². The summed E-state index contributed by atoms with van der Waals surface area (Å²) < 4.78 is 5.75. The molecule has 9 heteroatoms. The molecule has 1 fully saturated rings. The molecule has 1 saturated heterocycles. The third kappa shape index (κ3) is 6.66. The Labute approximate surface area is 166 Å². The van der Waals surface area contributed by atoms with Gasteiger partial charge in [-0.3, -0.25) is 14.5 Å². The molecule has 3 rings (SSSR count). The molecule has 1 atom stereocenters. The van der Waals surface area contributed by atoms with E-state index in [4.69, 9.17) is 16.3 Å². The van der Waals surface area contributed by atoms with Crippen LogP contribution in [0.4, 0.5) is 0 Å². The van der Waals surface area contributed by atoms with Gasteiger partial charge in [0, 0.05) is 37.3 Å². The third-order valence-corrected chi connectivity index (χ3v) is 5.21. The predicted molar refractivity (Wildman–Crippen MR) is 105 cm³/mol. The van der Waals surface area contributed by atoms with Crippen molar-refractivity contribution in [2.45, 2.75) is 17.7 Å². The van der Waals surface area contributed by atoms with Crippen LogP contribution in [0.1, 0.15) is 5.56 Å². The molecule has 7 nitrogen and oxygen atoms in total. The molecule has 0 spiro atoms. The Balaban J connectivity index is 1.40. The molecule has 2 aromatic rings. The number of morpholine rings is 1. The van der Waals surface area contributed by atoms with Crippen molar-refractivity contribution in [3.05, 3.63) is 57.3 Å². The third-order valence-electron chi connectivity index (χ3n) is 4.05. The van der Waals surface area contributed by atoms with Gasteiger partial charge in [0.2, 0.25) is 5.91 Å². The average Bonchev–Trinajstić information content (AvgIpc) is 2.66. The first-order valence-corrected chi connectivity index (χ1v) is 9.98. The molecule has 0 aliphatic carbocycles. The topological polar surface area (TPSA) is 87.3 Å². The molecule has 0 saturated carbocycles. The molecule has 1 aromatic heterocycles. The Hall–Kier alpha value is -1.87. The number of rotatable bonds is 7. The van der Waals surface area contributed by atoms with Gasteiger partial charge in [0.25, 0.3) is 5.56 Å². The fourth-order valence-corrected chi connectivity index (χ4v) is 3.64. The van der Waals surface area contributed by atoms with Crippen molar-refractivity contribution in [1.29, 1.82) is 0 Å². The number of carbonyl (C=O) groups excluding carboxylic acids is 1. The highest BCUT2D eigenvalue weighted by Gasteiger charge is 2.21. The van der Waals surface area contributed by atoms with Crippen LogP contribution in [0.3, 0.4) is 0 Å². The highest BCUT2D eigenvalue weighted by atomic mass is 35.5.